The molecule has 0 spiro atoms. The lowest BCUT2D eigenvalue weighted by Gasteiger charge is -2.37. The first-order chi connectivity index (χ1) is 8.08. The molecule has 3 heteroatoms. The van der Waals surface area contributed by atoms with E-state index in [1.54, 1.807) is 0 Å². The van der Waals surface area contributed by atoms with E-state index in [-0.39, 0.29) is 0 Å². The highest BCUT2D eigenvalue weighted by Gasteiger charge is 2.21. The first-order valence-electron chi connectivity index (χ1n) is 6.28. The third kappa shape index (κ3) is 2.79. The summed E-state index contributed by atoms with van der Waals surface area (Å²) < 4.78 is 0. The Bertz CT molecular complexity index is 392. The number of phenols is 1. The Morgan fingerprint density at radius 1 is 1.35 bits per heavy atom. The molecule has 3 nitrogen and oxygen atoms in total. The van der Waals surface area contributed by atoms with Crippen molar-refractivity contribution in [2.75, 3.05) is 26.7 Å². The number of phenolic OH excluding ortho intramolecular Hbond substituents is 1. The van der Waals surface area contributed by atoms with Gasteiger partial charge in [0.15, 0.2) is 0 Å². The molecule has 1 N–H and O–H groups in total. The van der Waals surface area contributed by atoms with Gasteiger partial charge < -0.3 is 10.0 Å². The van der Waals surface area contributed by atoms with E-state index in [0.29, 0.717) is 11.8 Å². The van der Waals surface area contributed by atoms with Gasteiger partial charge in [-0.05, 0) is 26.5 Å². The number of hydrogen-bond donors (Lipinski definition) is 1. The molecule has 1 unspecified atom stereocenters. The topological polar surface area (TPSA) is 26.7 Å². The quantitative estimate of drug-likeness (QED) is 0.846. The Labute approximate surface area is 104 Å². The van der Waals surface area contributed by atoms with Crippen molar-refractivity contribution in [1.29, 1.82) is 0 Å². The monoisotopic (exact) mass is 234 g/mol. The van der Waals surface area contributed by atoms with Crippen molar-refractivity contribution in [2.24, 2.45) is 0 Å². The third-order valence-corrected chi connectivity index (χ3v) is 3.76. The van der Waals surface area contributed by atoms with Crippen LogP contribution in [0, 0.1) is 6.92 Å². The van der Waals surface area contributed by atoms with Gasteiger partial charge in [-0.15, -0.1) is 0 Å². The Kier molecular flexibility index (Phi) is 3.69. The Morgan fingerprint density at radius 2 is 2.12 bits per heavy atom. The second-order valence-corrected chi connectivity index (χ2v) is 5.15. The van der Waals surface area contributed by atoms with Crippen molar-refractivity contribution in [2.45, 2.75) is 26.4 Å². The van der Waals surface area contributed by atoms with Crippen LogP contribution in [0.25, 0.3) is 0 Å². The summed E-state index contributed by atoms with van der Waals surface area (Å²) in [5.74, 6) is 0.457. The molecule has 1 saturated heterocycles. The number of piperazine rings is 1. The summed E-state index contributed by atoms with van der Waals surface area (Å²) in [5.41, 5.74) is 2.01. The fourth-order valence-corrected chi connectivity index (χ4v) is 2.36. The minimum absolute atomic E-state index is 0.457. The van der Waals surface area contributed by atoms with Crippen LogP contribution < -0.4 is 0 Å². The number of aryl methyl sites for hydroxylation is 1. The van der Waals surface area contributed by atoms with E-state index in [1.807, 2.05) is 25.1 Å². The Morgan fingerprint density at radius 3 is 2.82 bits per heavy atom. The minimum Gasteiger partial charge on any atom is -0.507 e. The van der Waals surface area contributed by atoms with Crippen LogP contribution in [0.15, 0.2) is 18.2 Å². The summed E-state index contributed by atoms with van der Waals surface area (Å²) in [5, 5.41) is 10.0. The molecule has 0 amide bonds. The van der Waals surface area contributed by atoms with E-state index >= 15 is 0 Å². The van der Waals surface area contributed by atoms with Gasteiger partial charge in [0.2, 0.25) is 0 Å². The number of benzene rings is 1. The zero-order valence-corrected chi connectivity index (χ0v) is 11.0. The minimum atomic E-state index is 0.457. The van der Waals surface area contributed by atoms with E-state index in [4.69, 9.17) is 0 Å². The van der Waals surface area contributed by atoms with Crippen molar-refractivity contribution in [3.8, 4) is 5.75 Å². The van der Waals surface area contributed by atoms with E-state index in [1.165, 1.54) is 0 Å². The smallest absolute Gasteiger partial charge is 0.122 e. The van der Waals surface area contributed by atoms with Crippen molar-refractivity contribution in [3.63, 3.8) is 0 Å². The average molecular weight is 234 g/mol. The number of aromatic hydroxyl groups is 1. The summed E-state index contributed by atoms with van der Waals surface area (Å²) in [6.45, 7) is 8.31. The molecule has 1 aromatic rings. The van der Waals surface area contributed by atoms with Crippen molar-refractivity contribution in [3.05, 3.63) is 29.3 Å². The Balaban J connectivity index is 2.04. The van der Waals surface area contributed by atoms with Crippen LogP contribution in [-0.4, -0.2) is 47.6 Å². The maximum Gasteiger partial charge on any atom is 0.122 e. The summed E-state index contributed by atoms with van der Waals surface area (Å²) >= 11 is 0. The number of nitrogens with zero attached hydrogens (tertiary/aromatic N) is 2. The van der Waals surface area contributed by atoms with E-state index in [9.17, 15) is 5.11 Å². The molecule has 0 radical (unpaired) electrons. The van der Waals surface area contributed by atoms with Crippen LogP contribution in [-0.2, 0) is 6.54 Å². The predicted molar refractivity (Wildman–Crippen MR) is 70.2 cm³/mol. The van der Waals surface area contributed by atoms with Gasteiger partial charge in [0.25, 0.3) is 0 Å². The van der Waals surface area contributed by atoms with Gasteiger partial charge in [-0.3, -0.25) is 4.90 Å². The van der Waals surface area contributed by atoms with Gasteiger partial charge in [0, 0.05) is 37.8 Å². The molecule has 0 aromatic heterocycles. The van der Waals surface area contributed by atoms with Gasteiger partial charge in [-0.25, -0.2) is 0 Å². The van der Waals surface area contributed by atoms with Gasteiger partial charge in [-0.2, -0.15) is 0 Å². The highest BCUT2D eigenvalue weighted by atomic mass is 16.3. The molecular formula is C14H22N2O. The van der Waals surface area contributed by atoms with E-state index < -0.39 is 0 Å². The van der Waals surface area contributed by atoms with Gasteiger partial charge in [-0.1, -0.05) is 18.2 Å². The number of rotatable bonds is 2. The van der Waals surface area contributed by atoms with Crippen molar-refractivity contribution in [1.82, 2.24) is 9.80 Å². The van der Waals surface area contributed by atoms with Gasteiger partial charge in [0.05, 0.1) is 0 Å². The maximum absolute atomic E-state index is 10.0. The standard InChI is InChI=1S/C14H22N2O/c1-11-5-4-6-13(14(11)17)10-16-8-7-15(3)12(2)9-16/h4-6,12,17H,7-10H2,1-3H3. The molecule has 1 aliphatic rings. The Hall–Kier alpha value is -1.06. The molecule has 94 valence electrons. The second-order valence-electron chi connectivity index (χ2n) is 5.15. The normalized spacial score (nSPS) is 22.9. The maximum atomic E-state index is 10.0. The number of hydrogen-bond acceptors (Lipinski definition) is 3. The zero-order chi connectivity index (χ0) is 12.4. The van der Waals surface area contributed by atoms with Crippen molar-refractivity contribution < 1.29 is 5.11 Å². The zero-order valence-electron chi connectivity index (χ0n) is 11.0. The molecule has 1 fully saturated rings. The molecular weight excluding hydrogens is 212 g/mol. The fraction of sp³-hybridized carbons (Fsp3) is 0.571. The third-order valence-electron chi connectivity index (χ3n) is 3.76. The lowest BCUT2D eigenvalue weighted by atomic mass is 10.1. The summed E-state index contributed by atoms with van der Waals surface area (Å²) in [6, 6.07) is 6.58. The van der Waals surface area contributed by atoms with Crippen LogP contribution >= 0.6 is 0 Å². The first kappa shape index (κ1) is 12.4. The van der Waals surface area contributed by atoms with Crippen LogP contribution in [0.3, 0.4) is 0 Å². The van der Waals surface area contributed by atoms with Crippen molar-refractivity contribution >= 4 is 0 Å². The molecule has 17 heavy (non-hydrogen) atoms. The lowest BCUT2D eigenvalue weighted by Crippen LogP contribution is -2.49. The van der Waals surface area contributed by atoms with Gasteiger partial charge in [0.1, 0.15) is 5.75 Å². The summed E-state index contributed by atoms with van der Waals surface area (Å²) in [4.78, 5) is 4.80. The number of likely N-dealkylation sites (N-methyl/N-ethyl adjacent to an activating group) is 1. The molecule has 1 aromatic carbocycles. The molecule has 1 aliphatic heterocycles. The SMILES string of the molecule is Cc1cccc(CN2CCN(C)C(C)C2)c1O. The van der Waals surface area contributed by atoms with E-state index in [2.05, 4.69) is 23.8 Å². The predicted octanol–water partition coefficient (Wildman–Crippen LogP) is 1.84. The summed E-state index contributed by atoms with van der Waals surface area (Å²) in [6.07, 6.45) is 0. The first-order valence-corrected chi connectivity index (χ1v) is 6.28. The van der Waals surface area contributed by atoms with Crippen LogP contribution in [0.4, 0.5) is 0 Å². The van der Waals surface area contributed by atoms with Crippen LogP contribution in [0.1, 0.15) is 18.1 Å². The molecule has 1 atom stereocenters. The summed E-state index contributed by atoms with van der Waals surface area (Å²) in [7, 11) is 2.17. The fourth-order valence-electron chi connectivity index (χ4n) is 2.36. The largest absolute Gasteiger partial charge is 0.507 e. The highest BCUT2D eigenvalue weighted by Crippen LogP contribution is 2.23. The molecule has 1 heterocycles. The lowest BCUT2D eigenvalue weighted by molar-refractivity contribution is 0.0993. The number of para-hydroxylation sites is 1. The molecule has 2 rings (SSSR count). The molecule has 0 bridgehead atoms. The van der Waals surface area contributed by atoms with Gasteiger partial charge >= 0.3 is 0 Å². The van der Waals surface area contributed by atoms with Crippen LogP contribution in [0.5, 0.6) is 5.75 Å². The molecule has 0 saturated carbocycles. The average Bonchev–Trinajstić information content (AvgIpc) is 2.30. The molecule has 0 aliphatic carbocycles. The van der Waals surface area contributed by atoms with E-state index in [0.717, 1.165) is 37.3 Å². The van der Waals surface area contributed by atoms with Crippen LogP contribution in [0.2, 0.25) is 0 Å². The highest BCUT2D eigenvalue weighted by molar-refractivity contribution is 5.39. The second kappa shape index (κ2) is 5.07.